The van der Waals surface area contributed by atoms with Crippen LogP contribution in [0.2, 0.25) is 0 Å². The van der Waals surface area contributed by atoms with Crippen LogP contribution in [0, 0.1) is 5.82 Å². The number of fused-ring (bicyclic) bond motifs is 2. The molecule has 2 atom stereocenters. The number of pyridine rings is 1. The Morgan fingerprint density at radius 3 is 2.20 bits per heavy atom. The molecule has 0 spiro atoms. The van der Waals surface area contributed by atoms with Crippen LogP contribution in [0.3, 0.4) is 0 Å². The number of nitrogens with zero attached hydrogens (tertiary/aromatic N) is 3. The van der Waals surface area contributed by atoms with Gasteiger partial charge in [-0.05, 0) is 153 Å². The summed E-state index contributed by atoms with van der Waals surface area (Å²) in [6, 6.07) is 30.0. The van der Waals surface area contributed by atoms with Crippen LogP contribution in [0.1, 0.15) is 62.2 Å². The maximum atomic E-state index is 13.3. The second-order valence-corrected chi connectivity index (χ2v) is 16.8. The number of methoxy groups -OCH3 is 3. The molecule has 0 saturated heterocycles. The number of carbonyl (C=O) groups excluding carboxylic acids is 1. The first-order valence-electron chi connectivity index (χ1n) is 22.0. The zero-order chi connectivity index (χ0) is 45.0. The van der Waals surface area contributed by atoms with E-state index in [2.05, 4.69) is 82.0 Å². The van der Waals surface area contributed by atoms with Gasteiger partial charge < -0.3 is 39.1 Å². The van der Waals surface area contributed by atoms with Gasteiger partial charge >= 0.3 is 0 Å². The van der Waals surface area contributed by atoms with Gasteiger partial charge in [0.15, 0.2) is 34.5 Å². The molecule has 0 aliphatic carbocycles. The van der Waals surface area contributed by atoms with E-state index in [1.165, 1.54) is 47.2 Å². The quantitative estimate of drug-likeness (QED) is 0.121. The highest BCUT2D eigenvalue weighted by atomic mass is 19.1. The fourth-order valence-corrected chi connectivity index (χ4v) is 9.07. The second-order valence-electron chi connectivity index (χ2n) is 16.8. The molecule has 12 nitrogen and oxygen atoms in total. The van der Waals surface area contributed by atoms with Gasteiger partial charge in [0.1, 0.15) is 17.4 Å². The number of rotatable bonds is 11. The van der Waals surface area contributed by atoms with Crippen molar-refractivity contribution in [1.82, 2.24) is 14.8 Å². The molecule has 0 saturated carbocycles. The van der Waals surface area contributed by atoms with E-state index in [9.17, 15) is 9.18 Å². The molecule has 4 aliphatic rings. The van der Waals surface area contributed by atoms with Crippen LogP contribution in [0.4, 0.5) is 15.9 Å². The largest absolute Gasteiger partial charge is 0.493 e. The second kappa shape index (κ2) is 19.1. The fraction of sp³-hybridized carbons (Fsp3) is 0.308. The predicted molar refractivity (Wildman–Crippen MR) is 248 cm³/mol. The number of likely N-dealkylation sites (N-methyl/N-ethyl adjacent to an activating group) is 2. The minimum atomic E-state index is -0.368. The molecule has 0 fully saturated rings. The van der Waals surface area contributed by atoms with Gasteiger partial charge in [-0.15, -0.1) is 0 Å². The molecule has 2 N–H and O–H groups in total. The zero-order valence-electron chi connectivity index (χ0n) is 37.4. The van der Waals surface area contributed by atoms with Gasteiger partial charge in [-0.3, -0.25) is 14.6 Å². The van der Waals surface area contributed by atoms with E-state index in [1.807, 2.05) is 18.2 Å². The van der Waals surface area contributed by atoms with Crippen molar-refractivity contribution < 1.29 is 37.6 Å². The lowest BCUT2D eigenvalue weighted by molar-refractivity contribution is 0.102. The van der Waals surface area contributed by atoms with Crippen LogP contribution in [0.15, 0.2) is 103 Å². The van der Waals surface area contributed by atoms with Gasteiger partial charge in [-0.25, -0.2) is 9.37 Å². The van der Waals surface area contributed by atoms with Crippen LogP contribution in [0.25, 0.3) is 0 Å². The third kappa shape index (κ3) is 9.38. The average molecular weight is 880 g/mol. The summed E-state index contributed by atoms with van der Waals surface area (Å²) >= 11 is 0. The summed E-state index contributed by atoms with van der Waals surface area (Å²) in [6.07, 6.45) is 5.35. The summed E-state index contributed by atoms with van der Waals surface area (Å²) in [4.78, 5) is 21.9. The standard InChI is InChI=1S/C52H54FN5O7/c1-57-22-19-34-28-44(60-3)46-30-40(34)41(57)25-32-7-15-39(16-8-32)64-45-27-33(26-42-49-35(20-23-58(42)2)29-47(61-4)50(62-5)51(49)65-46)9-17-43(45)63-24-6-21-54-48-18-10-36(31-55-48)52(59)56-38-13-11-37(53)12-14-38/h7-18,27-31,41-42H,6,19-26H2,1-5H3,(H,54,55)(H,56,59). The van der Waals surface area contributed by atoms with Crippen LogP contribution < -0.4 is 39.1 Å². The van der Waals surface area contributed by atoms with E-state index in [1.54, 1.807) is 33.5 Å². The van der Waals surface area contributed by atoms with Crippen molar-refractivity contribution in [2.75, 3.05) is 72.3 Å². The molecule has 5 heterocycles. The van der Waals surface area contributed by atoms with Gasteiger partial charge in [0.2, 0.25) is 5.75 Å². The van der Waals surface area contributed by atoms with E-state index in [-0.39, 0.29) is 23.8 Å². The Hall–Kier alpha value is -6.83. The molecule has 13 heteroatoms. The van der Waals surface area contributed by atoms with Crippen molar-refractivity contribution in [2.45, 2.75) is 44.2 Å². The molecule has 336 valence electrons. The molecule has 5 aromatic carbocycles. The number of anilines is 2. The zero-order valence-corrected chi connectivity index (χ0v) is 37.4. The smallest absolute Gasteiger partial charge is 0.257 e. The lowest BCUT2D eigenvalue weighted by Crippen LogP contribution is -2.34. The highest BCUT2D eigenvalue weighted by Gasteiger charge is 2.35. The third-order valence-electron chi connectivity index (χ3n) is 12.6. The Labute approximate surface area is 379 Å². The number of ether oxygens (including phenoxy) is 6. The van der Waals surface area contributed by atoms with Crippen LogP contribution in [-0.4, -0.2) is 82.4 Å². The Morgan fingerprint density at radius 1 is 0.754 bits per heavy atom. The summed E-state index contributed by atoms with van der Waals surface area (Å²) < 4.78 is 51.6. The van der Waals surface area contributed by atoms with Crippen molar-refractivity contribution in [3.63, 3.8) is 0 Å². The lowest BCUT2D eigenvalue weighted by atomic mass is 9.87. The molecular weight excluding hydrogens is 826 g/mol. The highest BCUT2D eigenvalue weighted by Crippen LogP contribution is 2.52. The molecular formula is C52H54FN5O7. The number of benzene rings is 5. The van der Waals surface area contributed by atoms with Gasteiger partial charge in [0, 0.05) is 49.2 Å². The Balaban J connectivity index is 0.987. The first-order chi connectivity index (χ1) is 31.7. The number of hydrogen-bond donors (Lipinski definition) is 2. The minimum absolute atomic E-state index is 0.0771. The fourth-order valence-electron chi connectivity index (χ4n) is 9.07. The Kier molecular flexibility index (Phi) is 12.8. The van der Waals surface area contributed by atoms with Crippen LogP contribution in [-0.2, 0) is 25.7 Å². The van der Waals surface area contributed by atoms with Crippen molar-refractivity contribution in [1.29, 1.82) is 0 Å². The predicted octanol–water partition coefficient (Wildman–Crippen LogP) is 9.82. The van der Waals surface area contributed by atoms with Gasteiger partial charge in [0.25, 0.3) is 5.91 Å². The monoisotopic (exact) mass is 879 g/mol. The molecule has 6 bridgehead atoms. The number of aromatic nitrogens is 1. The van der Waals surface area contributed by atoms with E-state index in [4.69, 9.17) is 28.4 Å². The van der Waals surface area contributed by atoms with Gasteiger partial charge in [0.05, 0.1) is 33.5 Å². The van der Waals surface area contributed by atoms with Gasteiger partial charge in [-0.1, -0.05) is 18.2 Å². The maximum absolute atomic E-state index is 13.3. The topological polar surface area (TPSA) is 116 Å². The molecule has 0 radical (unpaired) electrons. The average Bonchev–Trinajstić information content (AvgIpc) is 3.32. The molecule has 4 aliphatic heterocycles. The SMILES string of the molecule is COc1cc2c3cc1Oc1c(OC)c(OC)cc4c1C(Cc1ccc(OCCCNc5ccc(C(=O)Nc6ccc(F)cc6)cn5)c(c1)Oc1ccc(cc1)CC3N(C)CC2)N(C)CC4. The van der Waals surface area contributed by atoms with E-state index in [0.717, 1.165) is 54.8 Å². The molecule has 1 aromatic heterocycles. The summed E-state index contributed by atoms with van der Waals surface area (Å²) in [5.41, 5.74) is 7.81. The first kappa shape index (κ1) is 43.4. The number of carbonyl (C=O) groups is 1. The summed E-state index contributed by atoms with van der Waals surface area (Å²) in [5, 5.41) is 6.06. The molecule has 6 aromatic rings. The summed E-state index contributed by atoms with van der Waals surface area (Å²) in [7, 11) is 9.36. The van der Waals surface area contributed by atoms with Crippen LogP contribution >= 0.6 is 0 Å². The van der Waals surface area contributed by atoms with Crippen molar-refractivity contribution in [3.05, 3.63) is 148 Å². The number of hydrogen-bond acceptors (Lipinski definition) is 11. The number of halogens is 1. The Morgan fingerprint density at radius 2 is 1.46 bits per heavy atom. The number of nitrogens with one attached hydrogen (secondary N) is 2. The third-order valence-corrected chi connectivity index (χ3v) is 12.6. The lowest BCUT2D eigenvalue weighted by Gasteiger charge is -2.37. The van der Waals surface area contributed by atoms with Crippen molar-refractivity contribution >= 4 is 17.4 Å². The Bertz CT molecular complexity index is 2660. The van der Waals surface area contributed by atoms with E-state index in [0.29, 0.717) is 83.3 Å². The minimum Gasteiger partial charge on any atom is -0.493 e. The molecule has 65 heavy (non-hydrogen) atoms. The highest BCUT2D eigenvalue weighted by molar-refractivity contribution is 6.04. The van der Waals surface area contributed by atoms with Crippen molar-refractivity contribution in [3.8, 4) is 46.0 Å². The van der Waals surface area contributed by atoms with Gasteiger partial charge in [-0.2, -0.15) is 0 Å². The van der Waals surface area contributed by atoms with E-state index < -0.39 is 0 Å². The molecule has 1 amide bonds. The molecule has 10 rings (SSSR count). The van der Waals surface area contributed by atoms with Crippen molar-refractivity contribution in [2.24, 2.45) is 0 Å². The summed E-state index contributed by atoms with van der Waals surface area (Å²) in [5.74, 6) is 5.00. The van der Waals surface area contributed by atoms with Crippen LogP contribution in [0.5, 0.6) is 46.0 Å². The summed E-state index contributed by atoms with van der Waals surface area (Å²) in [6.45, 7) is 2.78. The van der Waals surface area contributed by atoms with E-state index >= 15 is 0 Å². The first-order valence-corrected chi connectivity index (χ1v) is 22.0. The maximum Gasteiger partial charge on any atom is 0.257 e. The molecule has 2 unspecified atom stereocenters. The normalized spacial score (nSPS) is 16.8. The number of amides is 1.